The topological polar surface area (TPSA) is 0 Å². The van der Waals surface area contributed by atoms with Crippen molar-refractivity contribution in [3.8, 4) is 0 Å². The number of halogens is 3. The van der Waals surface area contributed by atoms with Gasteiger partial charge in [0.1, 0.15) is 11.6 Å². The Morgan fingerprint density at radius 3 is 2.45 bits per heavy atom. The van der Waals surface area contributed by atoms with E-state index in [1.165, 1.54) is 6.07 Å². The van der Waals surface area contributed by atoms with Crippen molar-refractivity contribution in [2.75, 3.05) is 0 Å². The fraction of sp³-hybridized carbons (Fsp3) is 0.250. The Hall–Kier alpha value is -0.440. The van der Waals surface area contributed by atoms with Crippen LogP contribution < -0.4 is 0 Å². The lowest BCUT2D eigenvalue weighted by atomic mass is 10.1. The standard InChI is InChI=1S/C8H7BrF2/c1-2-6-7(9)3-5(10)4-8(6)11/h3-4H,2H2,1H3. The van der Waals surface area contributed by atoms with Crippen molar-refractivity contribution >= 4 is 15.9 Å². The van der Waals surface area contributed by atoms with Gasteiger partial charge in [-0.3, -0.25) is 0 Å². The minimum Gasteiger partial charge on any atom is -0.207 e. The maximum atomic E-state index is 12.8. The van der Waals surface area contributed by atoms with Crippen molar-refractivity contribution in [2.45, 2.75) is 13.3 Å². The molecule has 11 heavy (non-hydrogen) atoms. The van der Waals surface area contributed by atoms with Gasteiger partial charge in [0.25, 0.3) is 0 Å². The third kappa shape index (κ3) is 1.77. The molecule has 0 aliphatic rings. The zero-order chi connectivity index (χ0) is 8.43. The molecule has 3 heteroatoms. The molecular formula is C8H7BrF2. The van der Waals surface area contributed by atoms with E-state index < -0.39 is 11.6 Å². The van der Waals surface area contributed by atoms with Crippen molar-refractivity contribution in [2.24, 2.45) is 0 Å². The van der Waals surface area contributed by atoms with E-state index >= 15 is 0 Å². The Balaban J connectivity index is 3.25. The molecule has 0 unspecified atom stereocenters. The van der Waals surface area contributed by atoms with Crippen LogP contribution in [0.1, 0.15) is 12.5 Å². The van der Waals surface area contributed by atoms with Crippen molar-refractivity contribution in [3.05, 3.63) is 33.8 Å². The van der Waals surface area contributed by atoms with Gasteiger partial charge in [0.2, 0.25) is 0 Å². The quantitative estimate of drug-likeness (QED) is 0.682. The van der Waals surface area contributed by atoms with Gasteiger partial charge in [-0.25, -0.2) is 8.78 Å². The van der Waals surface area contributed by atoms with Gasteiger partial charge in [-0.1, -0.05) is 22.9 Å². The highest BCUT2D eigenvalue weighted by Crippen LogP contribution is 2.21. The molecule has 0 nitrogen and oxygen atoms in total. The van der Waals surface area contributed by atoms with Crippen LogP contribution in [-0.4, -0.2) is 0 Å². The van der Waals surface area contributed by atoms with Crippen molar-refractivity contribution in [1.82, 2.24) is 0 Å². The van der Waals surface area contributed by atoms with Crippen LogP contribution in [0.15, 0.2) is 16.6 Å². The highest BCUT2D eigenvalue weighted by Gasteiger charge is 2.06. The van der Waals surface area contributed by atoms with Crippen LogP contribution in [0.2, 0.25) is 0 Å². The van der Waals surface area contributed by atoms with Gasteiger partial charge in [0, 0.05) is 16.1 Å². The average Bonchev–Trinajstić information content (AvgIpc) is 1.85. The lowest BCUT2D eigenvalue weighted by Gasteiger charge is -2.01. The maximum absolute atomic E-state index is 12.8. The fourth-order valence-electron chi connectivity index (χ4n) is 0.910. The first-order valence-corrected chi connectivity index (χ1v) is 4.08. The van der Waals surface area contributed by atoms with Crippen LogP contribution in [0, 0.1) is 11.6 Å². The molecule has 1 aromatic rings. The van der Waals surface area contributed by atoms with Crippen molar-refractivity contribution < 1.29 is 8.78 Å². The molecule has 0 atom stereocenters. The first kappa shape index (κ1) is 8.65. The van der Waals surface area contributed by atoms with Gasteiger partial charge >= 0.3 is 0 Å². The number of hydrogen-bond donors (Lipinski definition) is 0. The largest absolute Gasteiger partial charge is 0.207 e. The molecular weight excluding hydrogens is 214 g/mol. The van der Waals surface area contributed by atoms with Gasteiger partial charge in [-0.15, -0.1) is 0 Å². The molecule has 1 rings (SSSR count). The lowest BCUT2D eigenvalue weighted by molar-refractivity contribution is 0.571. The molecule has 0 saturated heterocycles. The molecule has 0 saturated carbocycles. The first-order chi connectivity index (χ1) is 5.15. The Labute approximate surface area is 72.4 Å². The van der Waals surface area contributed by atoms with Crippen molar-refractivity contribution in [3.63, 3.8) is 0 Å². The predicted octanol–water partition coefficient (Wildman–Crippen LogP) is 3.29. The average molecular weight is 221 g/mol. The smallest absolute Gasteiger partial charge is 0.130 e. The monoisotopic (exact) mass is 220 g/mol. The summed E-state index contributed by atoms with van der Waals surface area (Å²) in [5.41, 5.74) is 0.520. The van der Waals surface area contributed by atoms with Crippen molar-refractivity contribution in [1.29, 1.82) is 0 Å². The molecule has 0 fully saturated rings. The Kier molecular flexibility index (Phi) is 2.60. The van der Waals surface area contributed by atoms with Crippen LogP contribution in [0.5, 0.6) is 0 Å². The van der Waals surface area contributed by atoms with E-state index in [9.17, 15) is 8.78 Å². The van der Waals surface area contributed by atoms with Crippen LogP contribution >= 0.6 is 15.9 Å². The normalized spacial score (nSPS) is 10.2. The van der Waals surface area contributed by atoms with Crippen LogP contribution in [0.4, 0.5) is 8.78 Å². The first-order valence-electron chi connectivity index (χ1n) is 3.28. The molecule has 0 aliphatic heterocycles. The Morgan fingerprint density at radius 2 is 2.00 bits per heavy atom. The molecule has 1 aromatic carbocycles. The summed E-state index contributed by atoms with van der Waals surface area (Å²) >= 11 is 3.08. The maximum Gasteiger partial charge on any atom is 0.130 e. The van der Waals surface area contributed by atoms with E-state index in [0.717, 1.165) is 6.07 Å². The third-order valence-corrected chi connectivity index (χ3v) is 2.17. The second-order valence-corrected chi connectivity index (χ2v) is 3.06. The molecule has 60 valence electrons. The zero-order valence-corrected chi connectivity index (χ0v) is 7.58. The summed E-state index contributed by atoms with van der Waals surface area (Å²) in [6.07, 6.45) is 0.562. The molecule has 0 radical (unpaired) electrons. The molecule has 0 amide bonds. The van der Waals surface area contributed by atoms with Gasteiger partial charge in [0.15, 0.2) is 0 Å². The SMILES string of the molecule is CCc1c(F)cc(F)cc1Br. The summed E-state index contributed by atoms with van der Waals surface area (Å²) in [5.74, 6) is -1.04. The van der Waals surface area contributed by atoms with Crippen LogP contribution in [-0.2, 0) is 6.42 Å². The molecule has 0 spiro atoms. The summed E-state index contributed by atoms with van der Waals surface area (Å²) in [6, 6.07) is 2.16. The number of benzene rings is 1. The summed E-state index contributed by atoms with van der Waals surface area (Å²) in [5, 5.41) is 0. The fourth-order valence-corrected chi connectivity index (χ4v) is 1.60. The van der Waals surface area contributed by atoms with Crippen LogP contribution in [0.3, 0.4) is 0 Å². The van der Waals surface area contributed by atoms with E-state index in [1.54, 1.807) is 0 Å². The highest BCUT2D eigenvalue weighted by atomic mass is 79.9. The molecule has 0 bridgehead atoms. The Morgan fingerprint density at radius 1 is 1.36 bits per heavy atom. The summed E-state index contributed by atoms with van der Waals surface area (Å²) in [7, 11) is 0. The number of rotatable bonds is 1. The summed E-state index contributed by atoms with van der Waals surface area (Å²) in [6.45, 7) is 1.82. The van der Waals surface area contributed by atoms with Gasteiger partial charge < -0.3 is 0 Å². The highest BCUT2D eigenvalue weighted by molar-refractivity contribution is 9.10. The second kappa shape index (κ2) is 3.30. The molecule has 0 aliphatic carbocycles. The van der Waals surface area contributed by atoms with Crippen LogP contribution in [0.25, 0.3) is 0 Å². The van der Waals surface area contributed by atoms with Gasteiger partial charge in [0.05, 0.1) is 0 Å². The minimum atomic E-state index is -0.549. The van der Waals surface area contributed by atoms with Gasteiger partial charge in [-0.05, 0) is 12.5 Å². The van der Waals surface area contributed by atoms with Gasteiger partial charge in [-0.2, -0.15) is 0 Å². The minimum absolute atomic E-state index is 0.487. The molecule has 0 heterocycles. The lowest BCUT2D eigenvalue weighted by Crippen LogP contribution is -1.90. The van der Waals surface area contributed by atoms with E-state index in [2.05, 4.69) is 15.9 Å². The van der Waals surface area contributed by atoms with E-state index in [1.807, 2.05) is 6.92 Å². The van der Waals surface area contributed by atoms with E-state index in [0.29, 0.717) is 16.5 Å². The third-order valence-electron chi connectivity index (χ3n) is 1.46. The second-order valence-electron chi connectivity index (χ2n) is 2.20. The molecule has 0 aromatic heterocycles. The predicted molar refractivity (Wildman–Crippen MR) is 43.4 cm³/mol. The summed E-state index contributed by atoms with van der Waals surface area (Å²) < 4.78 is 25.8. The zero-order valence-electron chi connectivity index (χ0n) is 6.00. The number of hydrogen-bond acceptors (Lipinski definition) is 0. The Bertz CT molecular complexity index is 248. The van der Waals surface area contributed by atoms with E-state index in [4.69, 9.17) is 0 Å². The summed E-state index contributed by atoms with van der Waals surface area (Å²) in [4.78, 5) is 0. The van der Waals surface area contributed by atoms with E-state index in [-0.39, 0.29) is 0 Å². The molecule has 0 N–H and O–H groups in total.